The quantitative estimate of drug-likeness (QED) is 0.678. The van der Waals surface area contributed by atoms with Crippen molar-refractivity contribution in [2.24, 2.45) is 11.7 Å². The normalized spacial score (nSPS) is 14.1. The van der Waals surface area contributed by atoms with Gasteiger partial charge in [0.15, 0.2) is 0 Å². The van der Waals surface area contributed by atoms with Crippen molar-refractivity contribution in [3.8, 4) is 11.1 Å². The van der Waals surface area contributed by atoms with Gasteiger partial charge in [0.1, 0.15) is 10.7 Å². The number of carbonyl (C=O) groups is 1. The SMILES string of the molecule is CC(C)CC(N)c1nc(C(=O)NC2c3ccccc3-c3ccccc32)cs1. The fourth-order valence-corrected chi connectivity index (χ4v) is 4.50. The lowest BCUT2D eigenvalue weighted by atomic mass is 10.1. The average molecular weight is 378 g/mol. The highest BCUT2D eigenvalue weighted by Gasteiger charge is 2.30. The highest BCUT2D eigenvalue weighted by atomic mass is 32.1. The zero-order valence-corrected chi connectivity index (χ0v) is 16.3. The molecule has 1 aliphatic rings. The zero-order valence-electron chi connectivity index (χ0n) is 15.5. The van der Waals surface area contributed by atoms with Crippen LogP contribution in [0.4, 0.5) is 0 Å². The molecule has 1 aliphatic carbocycles. The predicted octanol–water partition coefficient (Wildman–Crippen LogP) is 4.69. The molecule has 0 saturated heterocycles. The summed E-state index contributed by atoms with van der Waals surface area (Å²) in [6, 6.07) is 16.2. The van der Waals surface area contributed by atoms with E-state index < -0.39 is 0 Å². The van der Waals surface area contributed by atoms with Crippen LogP contribution in [0.5, 0.6) is 0 Å². The number of nitrogens with two attached hydrogens (primary N) is 1. The molecule has 0 radical (unpaired) electrons. The highest BCUT2D eigenvalue weighted by Crippen LogP contribution is 2.43. The van der Waals surface area contributed by atoms with Gasteiger partial charge in [0.2, 0.25) is 0 Å². The van der Waals surface area contributed by atoms with E-state index in [4.69, 9.17) is 5.73 Å². The van der Waals surface area contributed by atoms with Gasteiger partial charge in [-0.05, 0) is 34.6 Å². The Kier molecular flexibility index (Phi) is 4.81. The van der Waals surface area contributed by atoms with Gasteiger partial charge >= 0.3 is 0 Å². The molecule has 0 aliphatic heterocycles. The summed E-state index contributed by atoms with van der Waals surface area (Å²) in [5.41, 5.74) is 11.3. The summed E-state index contributed by atoms with van der Waals surface area (Å²) in [6.45, 7) is 4.27. The highest BCUT2D eigenvalue weighted by molar-refractivity contribution is 7.09. The maximum atomic E-state index is 12.9. The predicted molar refractivity (Wildman–Crippen MR) is 110 cm³/mol. The summed E-state index contributed by atoms with van der Waals surface area (Å²) in [5, 5.41) is 5.79. The van der Waals surface area contributed by atoms with Crippen molar-refractivity contribution in [2.75, 3.05) is 0 Å². The average Bonchev–Trinajstić information content (AvgIpc) is 3.26. The molecule has 0 fully saturated rings. The van der Waals surface area contributed by atoms with Crippen LogP contribution in [0.15, 0.2) is 53.9 Å². The molecule has 3 aromatic rings. The Morgan fingerprint density at radius 2 is 1.70 bits per heavy atom. The summed E-state index contributed by atoms with van der Waals surface area (Å²) in [6.07, 6.45) is 0.859. The Bertz CT molecular complexity index is 933. The first-order valence-electron chi connectivity index (χ1n) is 9.24. The zero-order chi connectivity index (χ0) is 19.0. The molecule has 2 aromatic carbocycles. The molecule has 4 nitrogen and oxygen atoms in total. The lowest BCUT2D eigenvalue weighted by molar-refractivity contribution is 0.0939. The maximum Gasteiger partial charge on any atom is 0.271 e. The number of benzene rings is 2. The summed E-state index contributed by atoms with van der Waals surface area (Å²) < 4.78 is 0. The van der Waals surface area contributed by atoms with Crippen LogP contribution in [0.25, 0.3) is 11.1 Å². The van der Waals surface area contributed by atoms with Gasteiger partial charge in [-0.3, -0.25) is 4.79 Å². The fourth-order valence-electron chi connectivity index (χ4n) is 3.69. The van der Waals surface area contributed by atoms with Crippen LogP contribution >= 0.6 is 11.3 Å². The largest absolute Gasteiger partial charge is 0.340 e. The molecule has 1 amide bonds. The number of rotatable bonds is 5. The van der Waals surface area contributed by atoms with Gasteiger partial charge in [0.25, 0.3) is 5.91 Å². The number of amides is 1. The van der Waals surface area contributed by atoms with Gasteiger partial charge in [-0.15, -0.1) is 11.3 Å². The van der Waals surface area contributed by atoms with E-state index in [-0.39, 0.29) is 18.0 Å². The van der Waals surface area contributed by atoms with E-state index in [0.29, 0.717) is 11.6 Å². The second-order valence-electron chi connectivity index (χ2n) is 7.39. The van der Waals surface area contributed by atoms with Crippen LogP contribution in [-0.4, -0.2) is 10.9 Å². The monoisotopic (exact) mass is 377 g/mol. The standard InChI is InChI=1S/C22H23N3OS/c1-13(2)11-18(23)22-24-19(12-27-22)21(26)25-20-16-9-5-3-7-14(16)15-8-4-6-10-17(15)20/h3-10,12-13,18,20H,11,23H2,1-2H3,(H,25,26). The fraction of sp³-hybridized carbons (Fsp3) is 0.273. The maximum absolute atomic E-state index is 12.9. The number of fused-ring (bicyclic) bond motifs is 3. The van der Waals surface area contributed by atoms with E-state index in [0.717, 1.165) is 22.6 Å². The summed E-state index contributed by atoms with van der Waals surface area (Å²) >= 11 is 1.46. The van der Waals surface area contributed by atoms with Crippen molar-refractivity contribution in [3.05, 3.63) is 75.7 Å². The molecule has 1 unspecified atom stereocenters. The smallest absolute Gasteiger partial charge is 0.271 e. The van der Waals surface area contributed by atoms with Gasteiger partial charge in [-0.25, -0.2) is 4.98 Å². The molecule has 1 aromatic heterocycles. The summed E-state index contributed by atoms with van der Waals surface area (Å²) in [5.74, 6) is 0.332. The van der Waals surface area contributed by atoms with Gasteiger partial charge in [-0.1, -0.05) is 62.4 Å². The minimum absolute atomic E-state index is 0.121. The molecule has 0 spiro atoms. The molecule has 27 heavy (non-hydrogen) atoms. The molecule has 4 rings (SSSR count). The molecular formula is C22H23N3OS. The van der Waals surface area contributed by atoms with Gasteiger partial charge < -0.3 is 11.1 Å². The summed E-state index contributed by atoms with van der Waals surface area (Å²) in [4.78, 5) is 17.4. The van der Waals surface area contributed by atoms with Crippen LogP contribution in [0, 0.1) is 5.92 Å². The van der Waals surface area contributed by atoms with E-state index >= 15 is 0 Å². The molecule has 138 valence electrons. The van der Waals surface area contributed by atoms with Gasteiger partial charge in [0, 0.05) is 5.38 Å². The van der Waals surface area contributed by atoms with E-state index in [1.807, 2.05) is 24.3 Å². The number of hydrogen-bond donors (Lipinski definition) is 2. The Morgan fingerprint density at radius 1 is 1.11 bits per heavy atom. The van der Waals surface area contributed by atoms with Crippen LogP contribution < -0.4 is 11.1 Å². The third kappa shape index (κ3) is 3.40. The Morgan fingerprint density at radius 3 is 2.30 bits per heavy atom. The molecule has 0 saturated carbocycles. The van der Waals surface area contributed by atoms with Crippen molar-refractivity contribution in [1.29, 1.82) is 0 Å². The molecule has 1 heterocycles. The van der Waals surface area contributed by atoms with Crippen molar-refractivity contribution in [1.82, 2.24) is 10.3 Å². The third-order valence-corrected chi connectivity index (χ3v) is 5.88. The van der Waals surface area contributed by atoms with Crippen LogP contribution in [0.2, 0.25) is 0 Å². The number of carbonyl (C=O) groups excluding carboxylic acids is 1. The van der Waals surface area contributed by atoms with E-state index in [1.165, 1.54) is 22.5 Å². The summed E-state index contributed by atoms with van der Waals surface area (Å²) in [7, 11) is 0. The molecule has 1 atom stereocenters. The van der Waals surface area contributed by atoms with Crippen molar-refractivity contribution >= 4 is 17.2 Å². The van der Waals surface area contributed by atoms with Gasteiger partial charge in [0.05, 0.1) is 12.1 Å². The lowest BCUT2D eigenvalue weighted by Crippen LogP contribution is -2.28. The first-order chi connectivity index (χ1) is 13.0. The van der Waals surface area contributed by atoms with Crippen molar-refractivity contribution in [2.45, 2.75) is 32.4 Å². The minimum Gasteiger partial charge on any atom is -0.340 e. The van der Waals surface area contributed by atoms with Crippen LogP contribution in [0.1, 0.15) is 59.0 Å². The topological polar surface area (TPSA) is 68.0 Å². The number of nitrogens with one attached hydrogen (secondary N) is 1. The number of thiazole rings is 1. The Labute approximate surface area is 163 Å². The second-order valence-corrected chi connectivity index (χ2v) is 8.28. The molecule has 0 bridgehead atoms. The van der Waals surface area contributed by atoms with E-state index in [1.54, 1.807) is 5.38 Å². The second kappa shape index (κ2) is 7.25. The minimum atomic E-state index is -0.161. The van der Waals surface area contributed by atoms with E-state index in [9.17, 15) is 4.79 Å². The Balaban J connectivity index is 1.58. The molecule has 5 heteroatoms. The molecular weight excluding hydrogens is 354 g/mol. The Hall–Kier alpha value is -2.50. The van der Waals surface area contributed by atoms with Crippen molar-refractivity contribution < 1.29 is 4.79 Å². The number of hydrogen-bond acceptors (Lipinski definition) is 4. The first kappa shape index (κ1) is 17.9. The van der Waals surface area contributed by atoms with Gasteiger partial charge in [-0.2, -0.15) is 0 Å². The lowest BCUT2D eigenvalue weighted by Gasteiger charge is -2.15. The molecule has 3 N–H and O–H groups in total. The van der Waals surface area contributed by atoms with Crippen molar-refractivity contribution in [3.63, 3.8) is 0 Å². The van der Waals surface area contributed by atoms with Crippen LogP contribution in [0.3, 0.4) is 0 Å². The number of nitrogens with zero attached hydrogens (tertiary/aromatic N) is 1. The number of aromatic nitrogens is 1. The van der Waals surface area contributed by atoms with Crippen LogP contribution in [-0.2, 0) is 0 Å². The third-order valence-electron chi connectivity index (χ3n) is 4.91. The first-order valence-corrected chi connectivity index (χ1v) is 10.1. The van der Waals surface area contributed by atoms with E-state index in [2.05, 4.69) is 48.4 Å².